The number of ether oxygens (including phenoxy) is 1. The van der Waals surface area contributed by atoms with Crippen LogP contribution >= 0.6 is 11.8 Å². The summed E-state index contributed by atoms with van der Waals surface area (Å²) in [5, 5.41) is 12.9. The zero-order valence-electron chi connectivity index (χ0n) is 15.0. The van der Waals surface area contributed by atoms with Gasteiger partial charge < -0.3 is 10.1 Å². The lowest BCUT2D eigenvalue weighted by Crippen LogP contribution is -2.32. The Morgan fingerprint density at radius 2 is 1.74 bits per heavy atom. The van der Waals surface area contributed by atoms with Gasteiger partial charge in [0.1, 0.15) is 5.25 Å². The molecule has 1 N–H and O–H groups in total. The zero-order valence-corrected chi connectivity index (χ0v) is 15.8. The topological polar surface area (TPSA) is 98.5 Å². The molecule has 2 atom stereocenters. The second kappa shape index (κ2) is 9.72. The summed E-state index contributed by atoms with van der Waals surface area (Å²) in [4.78, 5) is 34.9. The van der Waals surface area contributed by atoms with Crippen molar-refractivity contribution < 1.29 is 19.2 Å². The van der Waals surface area contributed by atoms with Gasteiger partial charge in [-0.15, -0.1) is 11.8 Å². The van der Waals surface area contributed by atoms with Gasteiger partial charge in [-0.05, 0) is 31.5 Å². The van der Waals surface area contributed by atoms with Crippen LogP contribution in [0.5, 0.6) is 0 Å². The fourth-order valence-electron chi connectivity index (χ4n) is 2.26. The Balaban J connectivity index is 1.78. The maximum Gasteiger partial charge on any atom is 0.319 e. The van der Waals surface area contributed by atoms with Crippen LogP contribution in [-0.4, -0.2) is 28.7 Å². The molecule has 0 saturated carbocycles. The maximum atomic E-state index is 12.1. The lowest BCUT2D eigenvalue weighted by molar-refractivity contribution is -0.384. The van der Waals surface area contributed by atoms with Crippen molar-refractivity contribution in [1.29, 1.82) is 0 Å². The molecule has 0 radical (unpaired) electrons. The summed E-state index contributed by atoms with van der Waals surface area (Å²) in [5.41, 5.74) is 0.943. The molecule has 0 aliphatic heterocycles. The normalized spacial score (nSPS) is 12.7. The zero-order chi connectivity index (χ0) is 19.8. The predicted molar refractivity (Wildman–Crippen MR) is 102 cm³/mol. The Bertz CT molecular complexity index is 796. The van der Waals surface area contributed by atoms with E-state index < -0.39 is 16.1 Å². The Hall–Kier alpha value is -2.87. The van der Waals surface area contributed by atoms with Crippen LogP contribution in [0.25, 0.3) is 0 Å². The van der Waals surface area contributed by atoms with Gasteiger partial charge in [0, 0.05) is 17.0 Å². The number of nitro benzene ring substituents is 1. The van der Waals surface area contributed by atoms with Crippen molar-refractivity contribution in [1.82, 2.24) is 5.32 Å². The second-order valence-electron chi connectivity index (χ2n) is 5.82. The first-order chi connectivity index (χ1) is 12.9. The van der Waals surface area contributed by atoms with E-state index in [1.165, 1.54) is 23.9 Å². The molecule has 0 aromatic heterocycles. The van der Waals surface area contributed by atoms with Crippen LogP contribution in [0.15, 0.2) is 59.5 Å². The van der Waals surface area contributed by atoms with Crippen molar-refractivity contribution in [3.8, 4) is 0 Å². The fourth-order valence-corrected chi connectivity index (χ4v) is 3.13. The summed E-state index contributed by atoms with van der Waals surface area (Å²) in [6.45, 7) is 3.14. The highest BCUT2D eigenvalue weighted by Crippen LogP contribution is 2.26. The third kappa shape index (κ3) is 6.41. The molecule has 0 unspecified atom stereocenters. The highest BCUT2D eigenvalue weighted by Gasteiger charge is 2.18. The summed E-state index contributed by atoms with van der Waals surface area (Å²) in [6.07, 6.45) is 0. The first kappa shape index (κ1) is 20.4. The van der Waals surface area contributed by atoms with E-state index in [1.807, 2.05) is 37.3 Å². The van der Waals surface area contributed by atoms with Gasteiger partial charge in [-0.2, -0.15) is 0 Å². The number of benzene rings is 2. The molecule has 0 aliphatic rings. The monoisotopic (exact) mass is 388 g/mol. The molecule has 8 heteroatoms. The van der Waals surface area contributed by atoms with Crippen LogP contribution < -0.4 is 5.32 Å². The number of carbonyl (C=O) groups is 2. The molecular formula is C19H20N2O5S. The molecule has 0 saturated heterocycles. The van der Waals surface area contributed by atoms with Crippen molar-refractivity contribution in [3.63, 3.8) is 0 Å². The third-order valence-corrected chi connectivity index (χ3v) is 4.81. The lowest BCUT2D eigenvalue weighted by Gasteiger charge is -2.15. The van der Waals surface area contributed by atoms with E-state index in [2.05, 4.69) is 5.32 Å². The molecule has 2 aromatic rings. The van der Waals surface area contributed by atoms with E-state index in [4.69, 9.17) is 4.74 Å². The van der Waals surface area contributed by atoms with Crippen molar-refractivity contribution >= 4 is 29.3 Å². The quantitative estimate of drug-likeness (QED) is 0.322. The summed E-state index contributed by atoms with van der Waals surface area (Å²) >= 11 is 1.21. The van der Waals surface area contributed by atoms with Gasteiger partial charge in [-0.3, -0.25) is 19.7 Å². The molecule has 142 valence electrons. The summed E-state index contributed by atoms with van der Waals surface area (Å²) in [7, 11) is 0. The third-order valence-electron chi connectivity index (χ3n) is 3.71. The minimum Gasteiger partial charge on any atom is -0.455 e. The number of esters is 1. The number of nitro groups is 1. The number of nitrogens with one attached hydrogen (secondary N) is 1. The average Bonchev–Trinajstić information content (AvgIpc) is 2.67. The van der Waals surface area contributed by atoms with Gasteiger partial charge in [0.15, 0.2) is 6.61 Å². The molecule has 1 amide bonds. The highest BCUT2D eigenvalue weighted by atomic mass is 32.2. The maximum absolute atomic E-state index is 12.1. The van der Waals surface area contributed by atoms with Gasteiger partial charge in [-0.1, -0.05) is 30.3 Å². The molecular weight excluding hydrogens is 368 g/mol. The second-order valence-corrected chi connectivity index (χ2v) is 7.23. The van der Waals surface area contributed by atoms with Crippen molar-refractivity contribution in [2.75, 3.05) is 6.61 Å². The first-order valence-corrected chi connectivity index (χ1v) is 9.17. The number of hydrogen-bond acceptors (Lipinski definition) is 6. The van der Waals surface area contributed by atoms with Crippen LogP contribution in [0.3, 0.4) is 0 Å². The molecule has 2 aromatic carbocycles. The van der Waals surface area contributed by atoms with E-state index >= 15 is 0 Å². The molecule has 7 nitrogen and oxygen atoms in total. The molecule has 0 spiro atoms. The summed E-state index contributed by atoms with van der Waals surface area (Å²) < 4.78 is 5.06. The van der Waals surface area contributed by atoms with E-state index in [1.54, 1.807) is 19.1 Å². The van der Waals surface area contributed by atoms with Crippen molar-refractivity contribution in [2.45, 2.75) is 30.0 Å². The van der Waals surface area contributed by atoms with Gasteiger partial charge >= 0.3 is 5.97 Å². The van der Waals surface area contributed by atoms with Crippen LogP contribution in [0.2, 0.25) is 0 Å². The summed E-state index contributed by atoms with van der Waals surface area (Å²) in [6, 6.07) is 15.2. The molecule has 0 fully saturated rings. The Morgan fingerprint density at radius 3 is 2.33 bits per heavy atom. The summed E-state index contributed by atoms with van der Waals surface area (Å²) in [5.74, 6) is -0.909. The van der Waals surface area contributed by atoms with Crippen molar-refractivity contribution in [2.24, 2.45) is 0 Å². The molecule has 0 aliphatic carbocycles. The largest absolute Gasteiger partial charge is 0.455 e. The standard InChI is InChI=1S/C19H20N2O5S/c1-13(15-6-4-3-5-7-15)20-18(22)12-26-19(23)14(2)27-17-10-8-16(9-11-17)21(24)25/h3-11,13-14H,12H2,1-2H3,(H,20,22)/t13-,14+/m0/s1. The number of hydrogen-bond donors (Lipinski definition) is 1. The van der Waals surface area contributed by atoms with Crippen LogP contribution in [0.1, 0.15) is 25.5 Å². The molecule has 0 bridgehead atoms. The lowest BCUT2D eigenvalue weighted by atomic mass is 10.1. The Labute approximate surface area is 161 Å². The number of rotatable bonds is 8. The SMILES string of the molecule is C[C@H](NC(=O)COC(=O)[C@@H](C)Sc1ccc([N+](=O)[O-])cc1)c1ccccc1. The van der Waals surface area contributed by atoms with Gasteiger partial charge in [-0.25, -0.2) is 0 Å². The fraction of sp³-hybridized carbons (Fsp3) is 0.263. The van der Waals surface area contributed by atoms with Crippen LogP contribution in [0, 0.1) is 10.1 Å². The minimum atomic E-state index is -0.550. The first-order valence-electron chi connectivity index (χ1n) is 8.29. The molecule has 27 heavy (non-hydrogen) atoms. The number of non-ortho nitro benzene ring substituents is 1. The van der Waals surface area contributed by atoms with Gasteiger partial charge in [0.05, 0.1) is 11.0 Å². The highest BCUT2D eigenvalue weighted by molar-refractivity contribution is 8.00. The number of amides is 1. The minimum absolute atomic E-state index is 0.0150. The van der Waals surface area contributed by atoms with E-state index in [0.29, 0.717) is 4.90 Å². The number of thioether (sulfide) groups is 1. The number of nitrogens with zero attached hydrogens (tertiary/aromatic N) is 1. The molecule has 2 rings (SSSR count). The Morgan fingerprint density at radius 1 is 1.11 bits per heavy atom. The average molecular weight is 388 g/mol. The van der Waals surface area contributed by atoms with Crippen LogP contribution in [-0.2, 0) is 14.3 Å². The van der Waals surface area contributed by atoms with E-state index in [0.717, 1.165) is 5.56 Å². The Kier molecular flexibility index (Phi) is 7.36. The smallest absolute Gasteiger partial charge is 0.319 e. The van der Waals surface area contributed by atoms with E-state index in [9.17, 15) is 19.7 Å². The van der Waals surface area contributed by atoms with Crippen LogP contribution in [0.4, 0.5) is 5.69 Å². The van der Waals surface area contributed by atoms with Crippen molar-refractivity contribution in [3.05, 3.63) is 70.3 Å². The molecule has 0 heterocycles. The predicted octanol–water partition coefficient (Wildman–Crippen LogP) is 3.50. The van der Waals surface area contributed by atoms with Gasteiger partial charge in [0.2, 0.25) is 0 Å². The van der Waals surface area contributed by atoms with E-state index in [-0.39, 0.29) is 24.2 Å². The van der Waals surface area contributed by atoms with Gasteiger partial charge in [0.25, 0.3) is 11.6 Å². The number of carbonyl (C=O) groups excluding carboxylic acids is 2.